The monoisotopic (exact) mass is 410 g/mol. The van der Waals surface area contributed by atoms with Gasteiger partial charge in [0.25, 0.3) is 0 Å². The van der Waals surface area contributed by atoms with Crippen LogP contribution in [-0.2, 0) is 14.8 Å². The molecule has 0 heterocycles. The molecule has 0 bridgehead atoms. The average molecular weight is 410 g/mol. The Balaban J connectivity index is 1.54. The van der Waals surface area contributed by atoms with E-state index in [-0.39, 0.29) is 11.4 Å². The summed E-state index contributed by atoms with van der Waals surface area (Å²) in [4.78, 5) is 12.2. The second kappa shape index (κ2) is 8.89. The predicted molar refractivity (Wildman–Crippen MR) is 113 cm³/mol. The molecule has 29 heavy (non-hydrogen) atoms. The van der Waals surface area contributed by atoms with Crippen LogP contribution in [0.5, 0.6) is 11.5 Å². The molecule has 0 spiro atoms. The SMILES string of the molecule is Cc1ccc(S(=O)(=O)NCC(=O)Nc2ccc(Oc3cccc(C)c3)cc2)cc1. The zero-order valence-electron chi connectivity index (χ0n) is 16.2. The van der Waals surface area contributed by atoms with Gasteiger partial charge in [-0.05, 0) is 67.9 Å². The highest BCUT2D eigenvalue weighted by molar-refractivity contribution is 7.89. The van der Waals surface area contributed by atoms with Crippen LogP contribution in [0.2, 0.25) is 0 Å². The van der Waals surface area contributed by atoms with Crippen molar-refractivity contribution in [2.24, 2.45) is 0 Å². The van der Waals surface area contributed by atoms with Gasteiger partial charge in [-0.25, -0.2) is 13.1 Å². The summed E-state index contributed by atoms with van der Waals surface area (Å²) in [6.45, 7) is 3.49. The number of carbonyl (C=O) groups excluding carboxylic acids is 1. The van der Waals surface area contributed by atoms with Gasteiger partial charge in [-0.15, -0.1) is 0 Å². The zero-order chi connectivity index (χ0) is 20.9. The number of aryl methyl sites for hydroxylation is 2. The molecule has 0 aromatic heterocycles. The van der Waals surface area contributed by atoms with Gasteiger partial charge in [0, 0.05) is 5.69 Å². The normalized spacial score (nSPS) is 11.1. The fraction of sp³-hybridized carbons (Fsp3) is 0.136. The number of anilines is 1. The number of hydrogen-bond donors (Lipinski definition) is 2. The van der Waals surface area contributed by atoms with E-state index in [4.69, 9.17) is 4.74 Å². The number of rotatable bonds is 7. The maximum atomic E-state index is 12.2. The van der Waals surface area contributed by atoms with Crippen LogP contribution < -0.4 is 14.8 Å². The van der Waals surface area contributed by atoms with Crippen LogP contribution in [0.15, 0.2) is 77.7 Å². The van der Waals surface area contributed by atoms with Crippen LogP contribution in [0.3, 0.4) is 0 Å². The van der Waals surface area contributed by atoms with Crippen molar-refractivity contribution in [3.05, 3.63) is 83.9 Å². The van der Waals surface area contributed by atoms with E-state index in [1.54, 1.807) is 36.4 Å². The summed E-state index contributed by atoms with van der Waals surface area (Å²) in [5.41, 5.74) is 2.59. The van der Waals surface area contributed by atoms with Gasteiger partial charge in [0.2, 0.25) is 15.9 Å². The third-order valence-electron chi connectivity index (χ3n) is 4.12. The topological polar surface area (TPSA) is 84.5 Å². The maximum Gasteiger partial charge on any atom is 0.241 e. The Kier molecular flexibility index (Phi) is 6.31. The third kappa shape index (κ3) is 5.91. The van der Waals surface area contributed by atoms with Crippen LogP contribution in [0, 0.1) is 13.8 Å². The van der Waals surface area contributed by atoms with Crippen molar-refractivity contribution in [2.75, 3.05) is 11.9 Å². The lowest BCUT2D eigenvalue weighted by Crippen LogP contribution is -2.32. The lowest BCUT2D eigenvalue weighted by atomic mass is 10.2. The molecule has 0 aliphatic heterocycles. The Morgan fingerprint density at radius 1 is 0.862 bits per heavy atom. The molecule has 0 saturated heterocycles. The first-order valence-corrected chi connectivity index (χ1v) is 10.5. The minimum atomic E-state index is -3.74. The van der Waals surface area contributed by atoms with Crippen molar-refractivity contribution in [2.45, 2.75) is 18.7 Å². The Morgan fingerprint density at radius 3 is 2.21 bits per heavy atom. The molecule has 0 radical (unpaired) electrons. The highest BCUT2D eigenvalue weighted by Gasteiger charge is 2.15. The maximum absolute atomic E-state index is 12.2. The van der Waals surface area contributed by atoms with Gasteiger partial charge in [0.05, 0.1) is 11.4 Å². The van der Waals surface area contributed by atoms with Gasteiger partial charge < -0.3 is 10.1 Å². The molecule has 0 fully saturated rings. The molecule has 0 aliphatic carbocycles. The Hall–Kier alpha value is -3.16. The number of benzene rings is 3. The van der Waals surface area contributed by atoms with E-state index in [0.29, 0.717) is 11.4 Å². The van der Waals surface area contributed by atoms with Crippen LogP contribution in [-0.4, -0.2) is 20.9 Å². The number of carbonyl (C=O) groups is 1. The van der Waals surface area contributed by atoms with E-state index in [1.165, 1.54) is 12.1 Å². The fourth-order valence-electron chi connectivity index (χ4n) is 2.59. The summed E-state index contributed by atoms with van der Waals surface area (Å²) in [7, 11) is -3.74. The smallest absolute Gasteiger partial charge is 0.241 e. The van der Waals surface area contributed by atoms with Gasteiger partial charge in [-0.2, -0.15) is 0 Å². The molecule has 2 N–H and O–H groups in total. The molecule has 1 amide bonds. The standard InChI is InChI=1S/C22H22N2O4S/c1-16-6-12-21(13-7-16)29(26,27)23-15-22(25)24-18-8-10-19(11-9-18)28-20-5-3-4-17(2)14-20/h3-14,23H,15H2,1-2H3,(H,24,25). The average Bonchev–Trinajstić information content (AvgIpc) is 2.68. The van der Waals surface area contributed by atoms with Crippen LogP contribution in [0.1, 0.15) is 11.1 Å². The van der Waals surface area contributed by atoms with Crippen molar-refractivity contribution >= 4 is 21.6 Å². The summed E-state index contributed by atoms with van der Waals surface area (Å²) in [6, 6.07) is 20.9. The Labute approximate surface area is 170 Å². The van der Waals surface area contributed by atoms with Gasteiger partial charge in [-0.3, -0.25) is 4.79 Å². The molecule has 7 heteroatoms. The van der Waals surface area contributed by atoms with Crippen LogP contribution >= 0.6 is 0 Å². The molecule has 3 rings (SSSR count). The summed E-state index contributed by atoms with van der Waals surface area (Å²) < 4.78 is 32.5. The van der Waals surface area contributed by atoms with E-state index in [0.717, 1.165) is 16.9 Å². The molecular weight excluding hydrogens is 388 g/mol. The summed E-state index contributed by atoms with van der Waals surface area (Å²) >= 11 is 0. The number of amides is 1. The molecule has 0 aliphatic rings. The van der Waals surface area contributed by atoms with E-state index in [1.807, 2.05) is 38.1 Å². The lowest BCUT2D eigenvalue weighted by molar-refractivity contribution is -0.115. The van der Waals surface area contributed by atoms with Crippen molar-refractivity contribution in [3.63, 3.8) is 0 Å². The minimum Gasteiger partial charge on any atom is -0.457 e. The minimum absolute atomic E-state index is 0.119. The van der Waals surface area contributed by atoms with E-state index in [2.05, 4.69) is 10.0 Å². The van der Waals surface area contributed by atoms with Crippen molar-refractivity contribution in [1.82, 2.24) is 4.72 Å². The van der Waals surface area contributed by atoms with Crippen LogP contribution in [0.25, 0.3) is 0 Å². The Bertz CT molecular complexity index is 1090. The molecule has 0 atom stereocenters. The van der Waals surface area contributed by atoms with Gasteiger partial charge in [0.1, 0.15) is 11.5 Å². The van der Waals surface area contributed by atoms with Gasteiger partial charge >= 0.3 is 0 Å². The molecule has 0 unspecified atom stereocenters. The number of hydrogen-bond acceptors (Lipinski definition) is 4. The predicted octanol–water partition coefficient (Wildman–Crippen LogP) is 4.01. The summed E-state index contributed by atoms with van der Waals surface area (Å²) in [5.74, 6) is 0.897. The fourth-order valence-corrected chi connectivity index (χ4v) is 3.57. The first-order valence-electron chi connectivity index (χ1n) is 9.03. The second-order valence-electron chi connectivity index (χ2n) is 6.63. The second-order valence-corrected chi connectivity index (χ2v) is 8.40. The van der Waals surface area contributed by atoms with Crippen molar-refractivity contribution in [3.8, 4) is 11.5 Å². The lowest BCUT2D eigenvalue weighted by Gasteiger charge is -2.10. The number of ether oxygens (including phenoxy) is 1. The highest BCUT2D eigenvalue weighted by Crippen LogP contribution is 2.23. The number of sulfonamides is 1. The first kappa shape index (κ1) is 20.6. The van der Waals surface area contributed by atoms with E-state index >= 15 is 0 Å². The van der Waals surface area contributed by atoms with Crippen molar-refractivity contribution in [1.29, 1.82) is 0 Å². The summed E-state index contributed by atoms with van der Waals surface area (Å²) in [5, 5.41) is 2.65. The van der Waals surface area contributed by atoms with E-state index in [9.17, 15) is 13.2 Å². The zero-order valence-corrected chi connectivity index (χ0v) is 17.0. The van der Waals surface area contributed by atoms with Crippen LogP contribution in [0.4, 0.5) is 5.69 Å². The van der Waals surface area contributed by atoms with Gasteiger partial charge in [0.15, 0.2) is 0 Å². The molecular formula is C22H22N2O4S. The molecule has 6 nitrogen and oxygen atoms in total. The molecule has 150 valence electrons. The molecule has 3 aromatic rings. The number of nitrogens with one attached hydrogen (secondary N) is 2. The molecule has 0 saturated carbocycles. The third-order valence-corrected chi connectivity index (χ3v) is 5.53. The van der Waals surface area contributed by atoms with Gasteiger partial charge in [-0.1, -0.05) is 29.8 Å². The molecule has 3 aromatic carbocycles. The van der Waals surface area contributed by atoms with E-state index < -0.39 is 15.9 Å². The quantitative estimate of drug-likeness (QED) is 0.616. The Morgan fingerprint density at radius 2 is 1.55 bits per heavy atom. The summed E-state index contributed by atoms with van der Waals surface area (Å²) in [6.07, 6.45) is 0. The highest BCUT2D eigenvalue weighted by atomic mass is 32.2. The first-order chi connectivity index (χ1) is 13.8. The largest absolute Gasteiger partial charge is 0.457 e. The van der Waals surface area contributed by atoms with Crippen molar-refractivity contribution < 1.29 is 17.9 Å².